The van der Waals surface area contributed by atoms with E-state index in [0.717, 1.165) is 16.5 Å². The van der Waals surface area contributed by atoms with Gasteiger partial charge in [0.25, 0.3) is 0 Å². The zero-order chi connectivity index (χ0) is 23.9. The van der Waals surface area contributed by atoms with Crippen LogP contribution in [0.15, 0.2) is 24.3 Å². The van der Waals surface area contributed by atoms with Gasteiger partial charge >= 0.3 is 0 Å². The lowest BCUT2D eigenvalue weighted by atomic mass is 10.0. The van der Waals surface area contributed by atoms with Crippen molar-refractivity contribution in [1.29, 1.82) is 0 Å². The van der Waals surface area contributed by atoms with Gasteiger partial charge in [-0.3, -0.25) is 0 Å². The summed E-state index contributed by atoms with van der Waals surface area (Å²) in [6.07, 6.45) is 24.7. The van der Waals surface area contributed by atoms with E-state index in [-0.39, 0.29) is 12.4 Å². The van der Waals surface area contributed by atoms with Gasteiger partial charge in [-0.05, 0) is 37.3 Å². The fourth-order valence-electron chi connectivity index (χ4n) is 4.07. The normalized spacial score (nSPS) is 10.9. The second kappa shape index (κ2) is 24.4. The molecule has 1 aromatic rings. The molecular weight excluding hydrogens is 426 g/mol. The zero-order valence-electron chi connectivity index (χ0n) is 23.0. The molecule has 0 amide bonds. The largest absolute Gasteiger partial charge is 1.00 e. The number of hydrogen-bond donors (Lipinski definition) is 1. The van der Waals surface area contributed by atoms with Crippen molar-refractivity contribution >= 4 is 0 Å². The number of halogens is 1. The van der Waals surface area contributed by atoms with Crippen LogP contribution in [-0.4, -0.2) is 37.3 Å². The molecule has 0 radical (unpaired) electrons. The van der Waals surface area contributed by atoms with Crippen molar-refractivity contribution in [2.45, 2.75) is 129 Å². The van der Waals surface area contributed by atoms with Gasteiger partial charge in [0.1, 0.15) is 5.75 Å². The molecule has 0 saturated heterocycles. The summed E-state index contributed by atoms with van der Waals surface area (Å²) in [7, 11) is 6.86. The molecule has 0 fully saturated rings. The van der Waals surface area contributed by atoms with E-state index in [1.165, 1.54) is 116 Å². The minimum absolute atomic E-state index is 0. The van der Waals surface area contributed by atoms with Gasteiger partial charge in [-0.1, -0.05) is 122 Å². The topological polar surface area (TPSA) is 20.2 Å². The molecule has 0 aliphatic heterocycles. The molecule has 0 saturated carbocycles. The fraction of sp³-hybridized carbons (Fsp3) is 0.800. The van der Waals surface area contributed by atoms with E-state index < -0.39 is 0 Å². The summed E-state index contributed by atoms with van der Waals surface area (Å²) in [5.41, 5.74) is 1.09. The monoisotopic (exact) mass is 483 g/mol. The first-order valence-corrected chi connectivity index (χ1v) is 14.0. The van der Waals surface area contributed by atoms with Crippen molar-refractivity contribution in [3.05, 3.63) is 29.8 Å². The van der Waals surface area contributed by atoms with Crippen molar-refractivity contribution in [2.75, 3.05) is 27.7 Å². The third kappa shape index (κ3) is 25.7. The molecule has 1 N–H and O–H groups in total. The fourth-order valence-corrected chi connectivity index (χ4v) is 4.07. The summed E-state index contributed by atoms with van der Waals surface area (Å²) in [6.45, 7) is 5.86. The van der Waals surface area contributed by atoms with Crippen LogP contribution in [0.5, 0.6) is 5.75 Å². The number of phenols is 1. The van der Waals surface area contributed by atoms with E-state index in [2.05, 4.69) is 35.0 Å². The summed E-state index contributed by atoms with van der Waals surface area (Å²) in [5, 5.41) is 9.58. The van der Waals surface area contributed by atoms with Crippen molar-refractivity contribution in [2.24, 2.45) is 0 Å². The van der Waals surface area contributed by atoms with Gasteiger partial charge in [0.15, 0.2) is 0 Å². The zero-order valence-corrected chi connectivity index (χ0v) is 23.8. The minimum Gasteiger partial charge on any atom is -1.00 e. The lowest BCUT2D eigenvalue weighted by Crippen LogP contribution is -3.00. The van der Waals surface area contributed by atoms with Gasteiger partial charge in [-0.15, -0.1) is 0 Å². The first-order valence-electron chi connectivity index (χ1n) is 14.0. The van der Waals surface area contributed by atoms with Crippen molar-refractivity contribution in [1.82, 2.24) is 0 Å². The summed E-state index contributed by atoms with van der Waals surface area (Å²) in [6, 6.07) is 7.67. The van der Waals surface area contributed by atoms with E-state index in [0.29, 0.717) is 5.75 Å². The van der Waals surface area contributed by atoms with Gasteiger partial charge in [-0.25, -0.2) is 0 Å². The molecule has 0 atom stereocenters. The van der Waals surface area contributed by atoms with E-state index in [1.807, 2.05) is 18.2 Å². The Bertz CT molecular complexity index is 512. The van der Waals surface area contributed by atoms with Crippen molar-refractivity contribution in [3.8, 4) is 5.75 Å². The van der Waals surface area contributed by atoms with Crippen LogP contribution in [0, 0.1) is 0 Å². The molecule has 0 unspecified atom stereocenters. The molecule has 0 heterocycles. The van der Waals surface area contributed by atoms with Gasteiger partial charge in [0, 0.05) is 0 Å². The van der Waals surface area contributed by atoms with Crippen LogP contribution in [0.3, 0.4) is 0 Å². The van der Waals surface area contributed by atoms with E-state index in [1.54, 1.807) is 6.07 Å². The average molecular weight is 484 g/mol. The maximum Gasteiger partial charge on any atom is 0.118 e. The Morgan fingerprint density at radius 3 is 1.39 bits per heavy atom. The summed E-state index contributed by atoms with van der Waals surface area (Å²) >= 11 is 0. The van der Waals surface area contributed by atoms with E-state index in [9.17, 15) is 5.11 Å². The summed E-state index contributed by atoms with van der Waals surface area (Å²) in [5.74, 6) is 0.452. The van der Waals surface area contributed by atoms with Crippen molar-refractivity contribution < 1.29 is 22.0 Å². The molecule has 0 bridgehead atoms. The van der Waals surface area contributed by atoms with E-state index >= 15 is 0 Å². The number of para-hydroxylation sites is 1. The Kier molecular flexibility index (Phi) is 25.5. The molecule has 196 valence electrons. The Hall–Kier alpha value is -0.730. The molecule has 3 heteroatoms. The number of unbranched alkanes of at least 4 members (excludes halogenated alkanes) is 15. The number of benzene rings is 1. The number of phenolic OH excluding ortho intramolecular Hbond substituents is 1. The number of aromatic hydroxyl groups is 1. The molecule has 33 heavy (non-hydrogen) atoms. The highest BCUT2D eigenvalue weighted by Gasteiger charge is 2.05. The first-order chi connectivity index (χ1) is 15.4. The Morgan fingerprint density at radius 2 is 0.970 bits per heavy atom. The molecule has 0 aliphatic carbocycles. The molecule has 2 nitrogen and oxygen atoms in total. The van der Waals surface area contributed by atoms with E-state index in [4.69, 9.17) is 0 Å². The number of quaternary nitrogens is 1. The molecule has 1 rings (SSSR count). The quantitative estimate of drug-likeness (QED) is 0.181. The second-order valence-electron chi connectivity index (χ2n) is 10.7. The predicted octanol–water partition coefficient (Wildman–Crippen LogP) is 6.30. The molecular formula is C30H58ClNO. The minimum atomic E-state index is 0. The van der Waals surface area contributed by atoms with Gasteiger partial charge < -0.3 is 22.0 Å². The van der Waals surface area contributed by atoms with Crippen LogP contribution < -0.4 is 12.4 Å². The lowest BCUT2D eigenvalue weighted by molar-refractivity contribution is -0.870. The van der Waals surface area contributed by atoms with Crippen LogP contribution in [0.1, 0.15) is 129 Å². The number of hydrogen-bond acceptors (Lipinski definition) is 1. The maximum absolute atomic E-state index is 9.58. The van der Waals surface area contributed by atoms with Crippen LogP contribution in [0.4, 0.5) is 0 Å². The predicted molar refractivity (Wildman–Crippen MR) is 145 cm³/mol. The van der Waals surface area contributed by atoms with Gasteiger partial charge in [0.2, 0.25) is 0 Å². The second-order valence-corrected chi connectivity index (χ2v) is 10.7. The smallest absolute Gasteiger partial charge is 0.118 e. The highest BCUT2D eigenvalue weighted by atomic mass is 35.5. The maximum atomic E-state index is 9.58. The van der Waals surface area contributed by atoms with Crippen LogP contribution in [0.2, 0.25) is 0 Å². The molecule has 0 spiro atoms. The van der Waals surface area contributed by atoms with Crippen molar-refractivity contribution in [3.63, 3.8) is 0 Å². The lowest BCUT2D eigenvalue weighted by Gasteiger charge is -2.23. The standard InChI is InChI=1S/C15H34N.C15H24O.ClH/c1-5-6-7-8-9-10-11-12-13-14-15-16(2,3)4;1-2-3-4-5-6-7-8-11-14-12-9-10-13-15(14)16;/h5-15H2,1-4H3;9-10,12-13,16H,2-8,11H2,1H3;1H/q+1;;/p-1. The number of rotatable bonds is 19. The third-order valence-corrected chi connectivity index (χ3v) is 6.22. The highest BCUT2D eigenvalue weighted by Crippen LogP contribution is 2.19. The number of aryl methyl sites for hydroxylation is 1. The Balaban J connectivity index is 0. The van der Waals surface area contributed by atoms with Crippen LogP contribution >= 0.6 is 0 Å². The molecule has 1 aromatic carbocycles. The summed E-state index contributed by atoms with van der Waals surface area (Å²) < 4.78 is 1.12. The van der Waals surface area contributed by atoms with Crippen LogP contribution in [-0.2, 0) is 6.42 Å². The Labute approximate surface area is 214 Å². The third-order valence-electron chi connectivity index (χ3n) is 6.22. The SMILES string of the molecule is CCCCCCCCCCCC[N+](C)(C)C.CCCCCCCCCc1ccccc1O.[Cl-]. The molecule has 0 aromatic heterocycles. The first kappa shape index (κ1) is 34.4. The average Bonchev–Trinajstić information content (AvgIpc) is 2.75. The summed E-state index contributed by atoms with van der Waals surface area (Å²) in [4.78, 5) is 0. The highest BCUT2D eigenvalue weighted by molar-refractivity contribution is 5.31. The van der Waals surface area contributed by atoms with Crippen LogP contribution in [0.25, 0.3) is 0 Å². The Morgan fingerprint density at radius 1 is 0.576 bits per heavy atom. The van der Waals surface area contributed by atoms with Gasteiger partial charge in [-0.2, -0.15) is 0 Å². The number of nitrogens with zero attached hydrogens (tertiary/aromatic N) is 1. The van der Waals surface area contributed by atoms with Gasteiger partial charge in [0.05, 0.1) is 27.7 Å². The molecule has 0 aliphatic rings.